The molecule has 0 radical (unpaired) electrons. The normalized spacial score (nSPS) is 16.1. The second-order valence-corrected chi connectivity index (χ2v) is 6.20. The van der Waals surface area contributed by atoms with Gasteiger partial charge >= 0.3 is 7.12 Å². The molecule has 1 aromatic rings. The summed E-state index contributed by atoms with van der Waals surface area (Å²) in [5.41, 5.74) is 0.297. The summed E-state index contributed by atoms with van der Waals surface area (Å²) in [7, 11) is -4.76. The van der Waals surface area contributed by atoms with Gasteiger partial charge in [-0.3, -0.25) is 0 Å². The summed E-state index contributed by atoms with van der Waals surface area (Å²) in [6, 6.07) is 5.69. The topological polar surface area (TPSA) is 74.6 Å². The van der Waals surface area contributed by atoms with Gasteiger partial charge in [-0.15, -0.1) is 0 Å². The molecule has 6 heteroatoms. The van der Waals surface area contributed by atoms with Crippen LogP contribution in [0, 0.1) is 5.92 Å². The molecule has 0 saturated heterocycles. The van der Waals surface area contributed by atoms with Gasteiger partial charge in [-0.25, -0.2) is 8.42 Å². The van der Waals surface area contributed by atoms with Crippen molar-refractivity contribution in [3.8, 4) is 0 Å². The molecular weight excluding hydrogens is 227 g/mol. The smallest absolute Gasteiger partial charge is 0.423 e. The predicted octanol–water partition coefficient (Wildman–Crippen LogP) is -0.450. The van der Waals surface area contributed by atoms with E-state index >= 15 is 0 Å². The maximum absolute atomic E-state index is 11.8. The zero-order valence-corrected chi connectivity index (χ0v) is 9.52. The van der Waals surface area contributed by atoms with Crippen molar-refractivity contribution in [2.24, 2.45) is 5.92 Å². The molecule has 0 spiro atoms. The van der Waals surface area contributed by atoms with Crippen LogP contribution in [-0.4, -0.2) is 31.3 Å². The van der Waals surface area contributed by atoms with Gasteiger partial charge in [0.25, 0.3) is 0 Å². The molecule has 1 aliphatic rings. The summed E-state index contributed by atoms with van der Waals surface area (Å²) in [5, 5.41) is 17.8. The van der Waals surface area contributed by atoms with Gasteiger partial charge in [0.2, 0.25) is 0 Å². The zero-order chi connectivity index (χ0) is 11.8. The molecule has 16 heavy (non-hydrogen) atoms. The van der Waals surface area contributed by atoms with E-state index in [2.05, 4.69) is 0 Å². The molecule has 1 aliphatic carbocycles. The molecule has 4 nitrogen and oxygen atoms in total. The fourth-order valence-corrected chi connectivity index (χ4v) is 3.24. The van der Waals surface area contributed by atoms with Crippen LogP contribution in [0.4, 0.5) is 0 Å². The van der Waals surface area contributed by atoms with Crippen LogP contribution in [0.5, 0.6) is 0 Å². The van der Waals surface area contributed by atoms with E-state index in [1.54, 1.807) is 0 Å². The fraction of sp³-hybridized carbons (Fsp3) is 0.400. The first-order valence-corrected chi connectivity index (χ1v) is 6.83. The van der Waals surface area contributed by atoms with Gasteiger partial charge in [0, 0.05) is 0 Å². The van der Waals surface area contributed by atoms with E-state index in [9.17, 15) is 8.42 Å². The Morgan fingerprint density at radius 2 is 1.75 bits per heavy atom. The van der Waals surface area contributed by atoms with Crippen molar-refractivity contribution < 1.29 is 18.5 Å². The van der Waals surface area contributed by atoms with Crippen LogP contribution in [0.25, 0.3) is 0 Å². The Bertz CT molecular complexity index is 462. The Hall–Kier alpha value is -0.845. The van der Waals surface area contributed by atoms with Crippen molar-refractivity contribution in [1.82, 2.24) is 0 Å². The largest absolute Gasteiger partial charge is 0.488 e. The monoisotopic (exact) mass is 240 g/mol. The molecule has 2 N–H and O–H groups in total. The highest BCUT2D eigenvalue weighted by atomic mass is 32.2. The molecule has 1 saturated carbocycles. The minimum absolute atomic E-state index is 0.202. The first kappa shape index (κ1) is 11.6. The van der Waals surface area contributed by atoms with E-state index in [1.165, 1.54) is 24.3 Å². The number of rotatable bonds is 4. The Labute approximate surface area is 95.0 Å². The maximum Gasteiger partial charge on any atom is 0.488 e. The standard InChI is InChI=1S/C10H13BO4S/c12-11(13)9-3-5-10(6-4-9)16(14,15)7-8-1-2-8/h3-6,8,12-13H,1-2,7H2. The first-order valence-electron chi connectivity index (χ1n) is 5.18. The van der Waals surface area contributed by atoms with Crippen LogP contribution >= 0.6 is 0 Å². The molecule has 0 amide bonds. The van der Waals surface area contributed by atoms with E-state index in [0.717, 1.165) is 12.8 Å². The second-order valence-electron chi connectivity index (χ2n) is 4.17. The van der Waals surface area contributed by atoms with E-state index in [0.29, 0.717) is 11.4 Å². The molecule has 86 valence electrons. The van der Waals surface area contributed by atoms with Crippen LogP contribution in [0.3, 0.4) is 0 Å². The van der Waals surface area contributed by atoms with Crippen molar-refractivity contribution in [1.29, 1.82) is 0 Å². The highest BCUT2D eigenvalue weighted by molar-refractivity contribution is 7.91. The quantitative estimate of drug-likeness (QED) is 0.699. The summed E-state index contributed by atoms with van der Waals surface area (Å²) in [5.74, 6) is 0.515. The molecular formula is C10H13BO4S. The van der Waals surface area contributed by atoms with E-state index < -0.39 is 17.0 Å². The highest BCUT2D eigenvalue weighted by Crippen LogP contribution is 2.32. The van der Waals surface area contributed by atoms with Crippen molar-refractivity contribution in [2.75, 3.05) is 5.75 Å². The fourth-order valence-electron chi connectivity index (χ4n) is 1.54. The Morgan fingerprint density at radius 1 is 1.19 bits per heavy atom. The SMILES string of the molecule is O=S(=O)(CC1CC1)c1ccc(B(O)O)cc1. The summed E-state index contributed by atoms with van der Waals surface area (Å²) in [4.78, 5) is 0.254. The van der Waals surface area contributed by atoms with Crippen LogP contribution in [0.1, 0.15) is 12.8 Å². The van der Waals surface area contributed by atoms with Gasteiger partial charge in [-0.05, 0) is 36.4 Å². The minimum Gasteiger partial charge on any atom is -0.423 e. The third-order valence-electron chi connectivity index (χ3n) is 2.69. The van der Waals surface area contributed by atoms with Crippen molar-refractivity contribution >= 4 is 22.4 Å². The minimum atomic E-state index is -3.20. The van der Waals surface area contributed by atoms with Crippen LogP contribution in [0.15, 0.2) is 29.2 Å². The average molecular weight is 240 g/mol. The third kappa shape index (κ3) is 2.64. The lowest BCUT2D eigenvalue weighted by molar-refractivity contribution is 0.425. The lowest BCUT2D eigenvalue weighted by atomic mass is 9.81. The van der Waals surface area contributed by atoms with Crippen molar-refractivity contribution in [2.45, 2.75) is 17.7 Å². The molecule has 0 heterocycles. The zero-order valence-electron chi connectivity index (χ0n) is 8.70. The summed E-state index contributed by atoms with van der Waals surface area (Å²) < 4.78 is 23.7. The highest BCUT2D eigenvalue weighted by Gasteiger charge is 2.29. The molecule has 0 unspecified atom stereocenters. The van der Waals surface area contributed by atoms with E-state index in [4.69, 9.17) is 10.0 Å². The van der Waals surface area contributed by atoms with Gasteiger partial charge in [0.15, 0.2) is 9.84 Å². The summed E-state index contributed by atoms with van der Waals surface area (Å²) >= 11 is 0. The molecule has 1 fully saturated rings. The average Bonchev–Trinajstić information content (AvgIpc) is 3.01. The van der Waals surface area contributed by atoms with Gasteiger partial charge < -0.3 is 10.0 Å². The number of hydrogen-bond acceptors (Lipinski definition) is 4. The summed E-state index contributed by atoms with van der Waals surface area (Å²) in [6.07, 6.45) is 1.99. The number of sulfone groups is 1. The molecule has 1 aromatic carbocycles. The van der Waals surface area contributed by atoms with E-state index in [1.807, 2.05) is 0 Å². The lowest BCUT2D eigenvalue weighted by Crippen LogP contribution is -2.29. The Morgan fingerprint density at radius 3 is 2.19 bits per heavy atom. The molecule has 0 bridgehead atoms. The van der Waals surface area contributed by atoms with Crippen LogP contribution in [0.2, 0.25) is 0 Å². The Balaban J connectivity index is 2.19. The lowest BCUT2D eigenvalue weighted by Gasteiger charge is -2.04. The Kier molecular flexibility index (Phi) is 3.05. The predicted molar refractivity (Wildman–Crippen MR) is 61.0 cm³/mol. The summed E-state index contributed by atoms with van der Waals surface area (Å²) in [6.45, 7) is 0. The molecule has 0 aromatic heterocycles. The molecule has 0 aliphatic heterocycles. The van der Waals surface area contributed by atoms with Crippen LogP contribution < -0.4 is 5.46 Å². The van der Waals surface area contributed by atoms with Gasteiger partial charge in [-0.1, -0.05) is 12.1 Å². The van der Waals surface area contributed by atoms with Gasteiger partial charge in [0.05, 0.1) is 10.6 Å². The maximum atomic E-state index is 11.8. The van der Waals surface area contributed by atoms with E-state index in [-0.39, 0.29) is 10.6 Å². The van der Waals surface area contributed by atoms with Gasteiger partial charge in [-0.2, -0.15) is 0 Å². The molecule has 2 rings (SSSR count). The molecule has 0 atom stereocenters. The van der Waals surface area contributed by atoms with Gasteiger partial charge in [0.1, 0.15) is 0 Å². The number of hydrogen-bond donors (Lipinski definition) is 2. The van der Waals surface area contributed by atoms with Crippen LogP contribution in [-0.2, 0) is 9.84 Å². The number of benzene rings is 1. The second kappa shape index (κ2) is 4.20. The first-order chi connectivity index (χ1) is 7.49. The van der Waals surface area contributed by atoms with Crippen molar-refractivity contribution in [3.05, 3.63) is 24.3 Å². The third-order valence-corrected chi connectivity index (χ3v) is 4.59. The van der Waals surface area contributed by atoms with Crippen molar-refractivity contribution in [3.63, 3.8) is 0 Å².